The standard InChI is InChI=1S/C24H27ClN6O5/c1-11(2)19-24(9-35-10-24)36-23(33)31(19)22-28-13(4)27-21(30-22)26-12(3)15-6-14-7-16(25)18(34-5)8-17(14)29-20(15)32/h6-8,11-12,19H,9-10H2,1-5H3,(H,29,32)(H,26,27,28,30)/t12-,19-/m0/s1. The maximum Gasteiger partial charge on any atom is 0.417 e. The Morgan fingerprint density at radius 1 is 1.19 bits per heavy atom. The van der Waals surface area contributed by atoms with Gasteiger partial charge in [-0.3, -0.25) is 4.79 Å². The smallest absolute Gasteiger partial charge is 0.417 e. The Bertz CT molecular complexity index is 1410. The summed E-state index contributed by atoms with van der Waals surface area (Å²) >= 11 is 6.27. The predicted octanol–water partition coefficient (Wildman–Crippen LogP) is 3.61. The quantitative estimate of drug-likeness (QED) is 0.506. The normalized spacial score (nSPS) is 19.5. The molecule has 0 aliphatic carbocycles. The van der Waals surface area contributed by atoms with E-state index < -0.39 is 17.7 Å². The number of hydrogen-bond donors (Lipinski definition) is 2. The van der Waals surface area contributed by atoms with E-state index in [9.17, 15) is 9.59 Å². The number of aryl methyl sites for hydroxylation is 1. The van der Waals surface area contributed by atoms with E-state index in [-0.39, 0.29) is 29.4 Å². The fourth-order valence-corrected chi connectivity index (χ4v) is 5.14. The number of aromatic nitrogens is 4. The van der Waals surface area contributed by atoms with Crippen LogP contribution < -0.4 is 20.5 Å². The Balaban J connectivity index is 1.46. The van der Waals surface area contributed by atoms with Gasteiger partial charge in [-0.2, -0.15) is 15.0 Å². The Labute approximate surface area is 212 Å². The third kappa shape index (κ3) is 4.01. The molecule has 190 valence electrons. The average molecular weight is 515 g/mol. The van der Waals surface area contributed by atoms with E-state index in [1.54, 1.807) is 25.1 Å². The van der Waals surface area contributed by atoms with Crippen molar-refractivity contribution in [2.75, 3.05) is 30.5 Å². The number of halogens is 1. The first-order valence-electron chi connectivity index (χ1n) is 11.6. The van der Waals surface area contributed by atoms with Crippen LogP contribution in [0, 0.1) is 12.8 Å². The lowest BCUT2D eigenvalue weighted by Crippen LogP contribution is -2.61. The van der Waals surface area contributed by atoms with E-state index in [4.69, 9.17) is 25.8 Å². The van der Waals surface area contributed by atoms with Crippen LogP contribution in [-0.2, 0) is 9.47 Å². The van der Waals surface area contributed by atoms with Gasteiger partial charge in [0.2, 0.25) is 11.9 Å². The summed E-state index contributed by atoms with van der Waals surface area (Å²) < 4.78 is 16.3. The molecule has 36 heavy (non-hydrogen) atoms. The fourth-order valence-electron chi connectivity index (χ4n) is 4.89. The van der Waals surface area contributed by atoms with Gasteiger partial charge in [0, 0.05) is 17.0 Å². The largest absolute Gasteiger partial charge is 0.495 e. The van der Waals surface area contributed by atoms with Gasteiger partial charge in [-0.1, -0.05) is 25.4 Å². The van der Waals surface area contributed by atoms with Gasteiger partial charge in [-0.15, -0.1) is 0 Å². The second kappa shape index (κ2) is 8.90. The molecule has 1 amide bonds. The second-order valence-electron chi connectivity index (χ2n) is 9.48. The molecule has 11 nitrogen and oxygen atoms in total. The average Bonchev–Trinajstić information content (AvgIpc) is 3.12. The van der Waals surface area contributed by atoms with Crippen LogP contribution in [0.2, 0.25) is 5.02 Å². The molecule has 1 aromatic carbocycles. The first kappa shape index (κ1) is 24.3. The van der Waals surface area contributed by atoms with E-state index in [0.29, 0.717) is 40.9 Å². The van der Waals surface area contributed by atoms with Crippen molar-refractivity contribution in [3.8, 4) is 5.75 Å². The maximum absolute atomic E-state index is 12.9. The van der Waals surface area contributed by atoms with Crippen LogP contribution in [0.15, 0.2) is 23.0 Å². The van der Waals surface area contributed by atoms with E-state index >= 15 is 0 Å². The summed E-state index contributed by atoms with van der Waals surface area (Å²) in [6.45, 7) is 8.25. The van der Waals surface area contributed by atoms with Crippen molar-refractivity contribution < 1.29 is 19.0 Å². The lowest BCUT2D eigenvalue weighted by molar-refractivity contribution is -0.174. The van der Waals surface area contributed by atoms with Crippen molar-refractivity contribution in [1.82, 2.24) is 19.9 Å². The summed E-state index contributed by atoms with van der Waals surface area (Å²) in [6.07, 6.45) is -0.514. The number of benzene rings is 1. The third-order valence-corrected chi connectivity index (χ3v) is 6.83. The van der Waals surface area contributed by atoms with Gasteiger partial charge in [0.05, 0.1) is 42.9 Å². The monoisotopic (exact) mass is 514 g/mol. The van der Waals surface area contributed by atoms with Crippen molar-refractivity contribution in [3.05, 3.63) is 45.0 Å². The molecule has 2 N–H and O–H groups in total. The topological polar surface area (TPSA) is 132 Å². The molecule has 5 rings (SSSR count). The van der Waals surface area contributed by atoms with Crippen molar-refractivity contribution in [2.24, 2.45) is 5.92 Å². The van der Waals surface area contributed by atoms with Gasteiger partial charge in [0.1, 0.15) is 11.6 Å². The van der Waals surface area contributed by atoms with Crippen LogP contribution in [0.25, 0.3) is 10.9 Å². The first-order valence-corrected chi connectivity index (χ1v) is 12.0. The lowest BCUT2D eigenvalue weighted by atomic mass is 9.84. The number of fused-ring (bicyclic) bond motifs is 1. The van der Waals surface area contributed by atoms with Gasteiger partial charge in [0.15, 0.2) is 5.60 Å². The van der Waals surface area contributed by atoms with Gasteiger partial charge < -0.3 is 24.5 Å². The second-order valence-corrected chi connectivity index (χ2v) is 9.89. The number of rotatable bonds is 6. The first-order chi connectivity index (χ1) is 17.1. The summed E-state index contributed by atoms with van der Waals surface area (Å²) in [5, 5.41) is 4.36. The number of amides is 1. The molecule has 4 heterocycles. The summed E-state index contributed by atoms with van der Waals surface area (Å²) in [5.41, 5.74) is 0.105. The van der Waals surface area contributed by atoms with E-state index in [1.165, 1.54) is 12.0 Å². The van der Waals surface area contributed by atoms with Crippen molar-refractivity contribution in [1.29, 1.82) is 0 Å². The number of aromatic amines is 1. The van der Waals surface area contributed by atoms with E-state index in [1.807, 2.05) is 20.8 Å². The molecule has 1 spiro atoms. The van der Waals surface area contributed by atoms with Crippen LogP contribution in [-0.4, -0.2) is 58.0 Å². The molecule has 0 bridgehead atoms. The number of nitrogens with zero attached hydrogens (tertiary/aromatic N) is 4. The predicted molar refractivity (Wildman–Crippen MR) is 134 cm³/mol. The van der Waals surface area contributed by atoms with Crippen molar-refractivity contribution in [2.45, 2.75) is 45.4 Å². The molecule has 2 aromatic heterocycles. The van der Waals surface area contributed by atoms with Crippen LogP contribution in [0.1, 0.15) is 38.2 Å². The summed E-state index contributed by atoms with van der Waals surface area (Å²) in [6, 6.07) is 4.43. The maximum atomic E-state index is 12.9. The number of nitrogens with one attached hydrogen (secondary N) is 2. The van der Waals surface area contributed by atoms with E-state index in [0.717, 1.165) is 5.39 Å². The highest BCUT2D eigenvalue weighted by molar-refractivity contribution is 6.32. The number of anilines is 2. The number of carbonyl (C=O) groups is 1. The molecule has 0 radical (unpaired) electrons. The number of ether oxygens (including phenoxy) is 3. The molecule has 3 aromatic rings. The molecule has 2 saturated heterocycles. The molecule has 2 aliphatic rings. The van der Waals surface area contributed by atoms with Gasteiger partial charge in [-0.05, 0) is 31.9 Å². The molecular weight excluding hydrogens is 488 g/mol. The summed E-state index contributed by atoms with van der Waals surface area (Å²) in [5.74, 6) is 1.40. The molecule has 2 aliphatic heterocycles. The minimum absolute atomic E-state index is 0.0781. The van der Waals surface area contributed by atoms with Crippen LogP contribution in [0.3, 0.4) is 0 Å². The van der Waals surface area contributed by atoms with Crippen LogP contribution in [0.5, 0.6) is 5.75 Å². The number of methoxy groups -OCH3 is 1. The summed E-state index contributed by atoms with van der Waals surface area (Å²) in [4.78, 5) is 43.4. The molecular formula is C24H27ClN6O5. The van der Waals surface area contributed by atoms with Crippen LogP contribution in [0.4, 0.5) is 16.7 Å². The minimum Gasteiger partial charge on any atom is -0.495 e. The molecule has 12 heteroatoms. The Morgan fingerprint density at radius 3 is 2.58 bits per heavy atom. The number of H-pyrrole nitrogens is 1. The summed E-state index contributed by atoms with van der Waals surface area (Å²) in [7, 11) is 1.52. The SMILES string of the molecule is COc1cc2[nH]c(=O)c([C@H](C)Nc3nc(C)nc(N4C(=O)OC5(COC5)[C@@H]4C(C)C)n3)cc2cc1Cl. The molecule has 0 saturated carbocycles. The molecule has 2 fully saturated rings. The molecule has 0 unspecified atom stereocenters. The third-order valence-electron chi connectivity index (χ3n) is 6.54. The zero-order valence-electron chi connectivity index (χ0n) is 20.6. The number of carbonyl (C=O) groups excluding carboxylic acids is 1. The Hall–Kier alpha value is -3.44. The number of pyridine rings is 1. The van der Waals surface area contributed by atoms with Gasteiger partial charge in [0.25, 0.3) is 5.56 Å². The highest BCUT2D eigenvalue weighted by Gasteiger charge is 2.61. The van der Waals surface area contributed by atoms with Crippen molar-refractivity contribution in [3.63, 3.8) is 0 Å². The molecule has 2 atom stereocenters. The van der Waals surface area contributed by atoms with Gasteiger partial charge in [-0.25, -0.2) is 9.69 Å². The minimum atomic E-state index is -0.699. The zero-order valence-corrected chi connectivity index (χ0v) is 21.3. The zero-order chi connectivity index (χ0) is 25.8. The highest BCUT2D eigenvalue weighted by atomic mass is 35.5. The Morgan fingerprint density at radius 2 is 1.94 bits per heavy atom. The Kier molecular flexibility index (Phi) is 6.00. The fraction of sp³-hybridized carbons (Fsp3) is 0.458. The van der Waals surface area contributed by atoms with Crippen LogP contribution >= 0.6 is 11.6 Å². The number of hydrogen-bond acceptors (Lipinski definition) is 9. The lowest BCUT2D eigenvalue weighted by Gasteiger charge is -2.42. The van der Waals surface area contributed by atoms with Gasteiger partial charge >= 0.3 is 6.09 Å². The van der Waals surface area contributed by atoms with Crippen molar-refractivity contribution >= 4 is 40.5 Å². The highest BCUT2D eigenvalue weighted by Crippen LogP contribution is 2.41. The van der Waals surface area contributed by atoms with E-state index in [2.05, 4.69) is 25.3 Å².